The van der Waals surface area contributed by atoms with Crippen molar-refractivity contribution in [1.29, 1.82) is 0 Å². The quantitative estimate of drug-likeness (QED) is 0.281. The van der Waals surface area contributed by atoms with Crippen LogP contribution in [0.1, 0.15) is 5.56 Å². The average Bonchev–Trinajstić information content (AvgIpc) is 2.88. The molecular formula is C26H17F3N4O3S. The van der Waals surface area contributed by atoms with Crippen molar-refractivity contribution in [2.45, 2.75) is 11.1 Å². The fraction of sp³-hybridized carbons (Fsp3) is 0.0385. The number of ether oxygens (including phenoxy) is 1. The zero-order chi connectivity index (χ0) is 26.0. The first-order chi connectivity index (χ1) is 17.7. The van der Waals surface area contributed by atoms with Crippen LogP contribution < -0.4 is 9.46 Å². The summed E-state index contributed by atoms with van der Waals surface area (Å²) >= 11 is 0. The Morgan fingerprint density at radius 1 is 0.811 bits per heavy atom. The monoisotopic (exact) mass is 522 g/mol. The second-order valence-corrected chi connectivity index (χ2v) is 9.53. The molecule has 0 aliphatic heterocycles. The van der Waals surface area contributed by atoms with E-state index >= 15 is 0 Å². The molecule has 2 heterocycles. The number of aromatic nitrogens is 3. The highest BCUT2D eigenvalue weighted by molar-refractivity contribution is 7.92. The molecule has 0 aliphatic rings. The fourth-order valence-electron chi connectivity index (χ4n) is 3.72. The summed E-state index contributed by atoms with van der Waals surface area (Å²) in [6, 6.07) is 20.6. The van der Waals surface area contributed by atoms with Crippen LogP contribution in [0.25, 0.3) is 22.2 Å². The Bertz CT molecular complexity index is 1700. The number of fused-ring (bicyclic) bond motifs is 1. The molecule has 0 radical (unpaired) electrons. The Labute approximate surface area is 209 Å². The minimum absolute atomic E-state index is 0.0332. The molecule has 0 spiro atoms. The molecule has 0 aliphatic carbocycles. The van der Waals surface area contributed by atoms with Crippen LogP contribution in [0.4, 0.5) is 18.9 Å². The molecule has 1 N–H and O–H groups in total. The van der Waals surface area contributed by atoms with Crippen molar-refractivity contribution in [2.24, 2.45) is 0 Å². The van der Waals surface area contributed by atoms with Crippen molar-refractivity contribution >= 4 is 26.6 Å². The number of hydrogen-bond acceptors (Lipinski definition) is 6. The lowest BCUT2D eigenvalue weighted by Gasteiger charge is -2.18. The highest BCUT2D eigenvalue weighted by Crippen LogP contribution is 2.41. The van der Waals surface area contributed by atoms with Crippen LogP contribution in [0, 0.1) is 0 Å². The molecule has 0 fully saturated rings. The van der Waals surface area contributed by atoms with Crippen LogP contribution in [-0.2, 0) is 16.2 Å². The van der Waals surface area contributed by atoms with Gasteiger partial charge in [-0.3, -0.25) is 9.71 Å². The van der Waals surface area contributed by atoms with Gasteiger partial charge >= 0.3 is 6.18 Å². The molecule has 7 nitrogen and oxygen atoms in total. The number of nitrogens with zero attached hydrogens (tertiary/aromatic N) is 3. The van der Waals surface area contributed by atoms with Crippen LogP contribution in [0.5, 0.6) is 11.6 Å². The van der Waals surface area contributed by atoms with E-state index < -0.39 is 27.3 Å². The Hall–Kier alpha value is -4.51. The number of anilines is 1. The van der Waals surface area contributed by atoms with Crippen LogP contribution in [0.15, 0.2) is 102 Å². The molecule has 37 heavy (non-hydrogen) atoms. The van der Waals surface area contributed by atoms with Crippen LogP contribution in [-0.4, -0.2) is 23.4 Å². The van der Waals surface area contributed by atoms with Gasteiger partial charge in [-0.1, -0.05) is 30.3 Å². The van der Waals surface area contributed by atoms with E-state index in [4.69, 9.17) is 4.74 Å². The second-order valence-electron chi connectivity index (χ2n) is 7.85. The highest BCUT2D eigenvalue weighted by Gasteiger charge is 2.36. The number of alkyl halides is 3. The molecular weight excluding hydrogens is 505 g/mol. The highest BCUT2D eigenvalue weighted by atomic mass is 32.2. The van der Waals surface area contributed by atoms with E-state index in [1.54, 1.807) is 36.5 Å². The van der Waals surface area contributed by atoms with E-state index in [1.165, 1.54) is 36.4 Å². The Morgan fingerprint density at radius 2 is 1.62 bits per heavy atom. The van der Waals surface area contributed by atoms with Crippen molar-refractivity contribution in [1.82, 2.24) is 15.0 Å². The summed E-state index contributed by atoms with van der Waals surface area (Å²) in [7, 11) is -4.18. The molecule has 0 saturated carbocycles. The molecule has 0 saturated heterocycles. The van der Waals surface area contributed by atoms with Crippen LogP contribution in [0.3, 0.4) is 0 Å². The van der Waals surface area contributed by atoms with Crippen molar-refractivity contribution in [2.75, 3.05) is 4.72 Å². The topological polar surface area (TPSA) is 94.1 Å². The molecule has 0 amide bonds. The molecule has 5 rings (SSSR count). The predicted octanol–water partition coefficient (Wildman–Crippen LogP) is 6.30. The maximum Gasteiger partial charge on any atom is 0.417 e. The predicted molar refractivity (Wildman–Crippen MR) is 132 cm³/mol. The third-order valence-electron chi connectivity index (χ3n) is 5.37. The molecule has 11 heteroatoms. The van der Waals surface area contributed by atoms with Gasteiger partial charge in [-0.05, 0) is 42.5 Å². The largest absolute Gasteiger partial charge is 0.439 e. The van der Waals surface area contributed by atoms with Gasteiger partial charge in [0.05, 0.1) is 27.4 Å². The molecule has 5 aromatic rings. The van der Waals surface area contributed by atoms with Crippen molar-refractivity contribution in [3.8, 4) is 22.9 Å². The third kappa shape index (κ3) is 5.21. The van der Waals surface area contributed by atoms with Crippen molar-refractivity contribution in [3.63, 3.8) is 0 Å². The third-order valence-corrected chi connectivity index (χ3v) is 6.75. The maximum atomic E-state index is 14.0. The van der Waals surface area contributed by atoms with Crippen LogP contribution >= 0.6 is 0 Å². The molecule has 0 atom stereocenters. The van der Waals surface area contributed by atoms with E-state index in [9.17, 15) is 21.6 Å². The zero-order valence-corrected chi connectivity index (χ0v) is 19.7. The smallest absolute Gasteiger partial charge is 0.417 e. The number of sulfonamides is 1. The zero-order valence-electron chi connectivity index (χ0n) is 18.8. The minimum Gasteiger partial charge on any atom is -0.439 e. The summed E-state index contributed by atoms with van der Waals surface area (Å²) in [5.41, 5.74) is -1.34. The first-order valence-corrected chi connectivity index (χ1v) is 12.3. The number of benzene rings is 3. The molecule has 2 aromatic heterocycles. The van der Waals surface area contributed by atoms with Gasteiger partial charge in [-0.2, -0.15) is 13.2 Å². The Morgan fingerprint density at radius 3 is 2.41 bits per heavy atom. The minimum atomic E-state index is -4.79. The van der Waals surface area contributed by atoms with Crippen molar-refractivity contribution in [3.05, 3.63) is 103 Å². The maximum absolute atomic E-state index is 14.0. The lowest BCUT2D eigenvalue weighted by atomic mass is 10.0. The number of hydrogen-bond donors (Lipinski definition) is 1. The van der Waals surface area contributed by atoms with Crippen molar-refractivity contribution < 1.29 is 26.3 Å². The van der Waals surface area contributed by atoms with E-state index in [0.717, 1.165) is 23.8 Å². The van der Waals surface area contributed by atoms with E-state index in [2.05, 4.69) is 19.7 Å². The van der Waals surface area contributed by atoms with E-state index in [-0.39, 0.29) is 22.2 Å². The summed E-state index contributed by atoms with van der Waals surface area (Å²) in [6.07, 6.45) is -2.12. The van der Waals surface area contributed by atoms with E-state index in [0.29, 0.717) is 11.3 Å². The van der Waals surface area contributed by atoms with Crippen LogP contribution in [0.2, 0.25) is 0 Å². The van der Waals surface area contributed by atoms with Gasteiger partial charge in [0, 0.05) is 29.3 Å². The Kier molecular flexibility index (Phi) is 6.22. The SMILES string of the molecule is O=S(=O)(Nc1cccc(C(F)(F)F)c1-c1cc(Oc2ccc3cccnc3c2)ncn1)c1ccccc1. The standard InChI is InChI=1S/C26H17F3N4O3S/c27-26(28,29)20-9-4-10-21(33-37(34,35)19-7-2-1-3-8-19)25(20)23-15-24(32-16-31-23)36-18-12-11-17-6-5-13-30-22(17)14-18/h1-16,33H. The molecule has 0 unspecified atom stereocenters. The van der Waals surface area contributed by atoms with E-state index in [1.807, 2.05) is 6.07 Å². The molecule has 186 valence electrons. The summed E-state index contributed by atoms with van der Waals surface area (Å²) in [6.45, 7) is 0. The van der Waals surface area contributed by atoms with Gasteiger partial charge < -0.3 is 4.74 Å². The van der Waals surface area contributed by atoms with Gasteiger partial charge in [-0.15, -0.1) is 0 Å². The first-order valence-electron chi connectivity index (χ1n) is 10.8. The summed E-state index contributed by atoms with van der Waals surface area (Å²) in [5, 5.41) is 0.882. The normalized spacial score (nSPS) is 11.9. The lowest BCUT2D eigenvalue weighted by Crippen LogP contribution is -2.16. The number of pyridine rings is 1. The summed E-state index contributed by atoms with van der Waals surface area (Å²) < 4.78 is 75.9. The fourth-order valence-corrected chi connectivity index (χ4v) is 4.81. The molecule has 0 bridgehead atoms. The first kappa shape index (κ1) is 24.2. The molecule has 3 aromatic carbocycles. The summed E-state index contributed by atoms with van der Waals surface area (Å²) in [4.78, 5) is 12.2. The van der Waals surface area contributed by atoms with Gasteiger partial charge in [0.2, 0.25) is 5.88 Å². The van der Waals surface area contributed by atoms with Gasteiger partial charge in [0.25, 0.3) is 10.0 Å². The number of halogens is 3. The van der Waals surface area contributed by atoms with Gasteiger partial charge in [0.1, 0.15) is 12.1 Å². The number of rotatable bonds is 6. The second kappa shape index (κ2) is 9.51. The van der Waals surface area contributed by atoms with Gasteiger partial charge in [-0.25, -0.2) is 18.4 Å². The summed E-state index contributed by atoms with van der Waals surface area (Å²) in [5.74, 6) is 0.332. The Balaban J connectivity index is 1.57. The average molecular weight is 523 g/mol. The van der Waals surface area contributed by atoms with Gasteiger partial charge in [0.15, 0.2) is 0 Å². The lowest BCUT2D eigenvalue weighted by molar-refractivity contribution is -0.137. The number of nitrogens with one attached hydrogen (secondary N) is 1.